The van der Waals surface area contributed by atoms with E-state index in [1.165, 1.54) is 6.07 Å². The van der Waals surface area contributed by atoms with Crippen molar-refractivity contribution < 1.29 is 9.53 Å². The van der Waals surface area contributed by atoms with Gasteiger partial charge in [0.05, 0.1) is 12.3 Å². The summed E-state index contributed by atoms with van der Waals surface area (Å²) in [7, 11) is 0. The van der Waals surface area contributed by atoms with Crippen molar-refractivity contribution in [1.29, 1.82) is 0 Å². The quantitative estimate of drug-likeness (QED) is 0.684. The number of hydrogen-bond acceptors (Lipinski definition) is 4. The van der Waals surface area contributed by atoms with Gasteiger partial charge in [0.25, 0.3) is 5.56 Å². The molecule has 0 aliphatic rings. The normalized spacial score (nSPS) is 10.5. The Morgan fingerprint density at radius 1 is 1.14 bits per heavy atom. The first-order valence-corrected chi connectivity index (χ1v) is 9.21. The van der Waals surface area contributed by atoms with Crippen molar-refractivity contribution in [2.75, 3.05) is 11.9 Å². The number of benzene rings is 2. The fourth-order valence-electron chi connectivity index (χ4n) is 2.66. The van der Waals surface area contributed by atoms with Crippen molar-refractivity contribution in [3.05, 3.63) is 75.5 Å². The number of aryl methyl sites for hydroxylation is 1. The zero-order valence-corrected chi connectivity index (χ0v) is 16.4. The highest BCUT2D eigenvalue weighted by Gasteiger charge is 2.10. The van der Waals surface area contributed by atoms with Gasteiger partial charge in [0, 0.05) is 22.3 Å². The molecule has 1 heterocycles. The van der Waals surface area contributed by atoms with Crippen molar-refractivity contribution in [1.82, 2.24) is 9.78 Å². The molecule has 6 nitrogen and oxygen atoms in total. The first-order valence-electron chi connectivity index (χ1n) is 8.83. The van der Waals surface area contributed by atoms with Gasteiger partial charge in [0.1, 0.15) is 12.3 Å². The van der Waals surface area contributed by atoms with E-state index in [0.717, 1.165) is 21.6 Å². The number of aromatic nitrogens is 2. The van der Waals surface area contributed by atoms with Crippen LogP contribution in [0.15, 0.2) is 59.4 Å². The molecule has 28 heavy (non-hydrogen) atoms. The van der Waals surface area contributed by atoms with E-state index in [9.17, 15) is 9.59 Å². The smallest absolute Gasteiger partial charge is 0.267 e. The molecule has 0 aliphatic carbocycles. The number of rotatable bonds is 6. The van der Waals surface area contributed by atoms with E-state index >= 15 is 0 Å². The predicted molar refractivity (Wildman–Crippen MR) is 110 cm³/mol. The van der Waals surface area contributed by atoms with Crippen LogP contribution in [0, 0.1) is 6.92 Å². The Labute approximate surface area is 167 Å². The summed E-state index contributed by atoms with van der Waals surface area (Å²) in [4.78, 5) is 24.5. The molecule has 0 bridgehead atoms. The molecule has 3 rings (SSSR count). The fraction of sp³-hybridized carbons (Fsp3) is 0.190. The lowest BCUT2D eigenvalue weighted by Crippen LogP contribution is -2.29. The number of carbonyl (C=O) groups is 1. The van der Waals surface area contributed by atoms with Crippen LogP contribution in [-0.2, 0) is 11.3 Å². The molecule has 3 aromatic rings. The second kappa shape index (κ2) is 8.71. The predicted octanol–water partition coefficient (Wildman–Crippen LogP) is 3.91. The number of halogens is 1. The monoisotopic (exact) mass is 397 g/mol. The van der Waals surface area contributed by atoms with Gasteiger partial charge in [-0.3, -0.25) is 9.59 Å². The minimum atomic E-state index is -0.358. The Hall–Kier alpha value is -3.12. The van der Waals surface area contributed by atoms with Crippen LogP contribution in [0.4, 0.5) is 5.69 Å². The molecule has 0 saturated heterocycles. The molecule has 0 atom stereocenters. The van der Waals surface area contributed by atoms with E-state index in [1.54, 1.807) is 18.2 Å². The minimum absolute atomic E-state index is 0.199. The van der Waals surface area contributed by atoms with Crippen LogP contribution in [0.3, 0.4) is 0 Å². The third-order valence-electron chi connectivity index (χ3n) is 4.09. The van der Waals surface area contributed by atoms with Gasteiger partial charge in [-0.15, -0.1) is 0 Å². The summed E-state index contributed by atoms with van der Waals surface area (Å²) < 4.78 is 6.57. The first-order chi connectivity index (χ1) is 13.5. The van der Waals surface area contributed by atoms with Crippen LogP contribution in [0.2, 0.25) is 5.02 Å². The largest absolute Gasteiger partial charge is 0.494 e. The highest BCUT2D eigenvalue weighted by Crippen LogP contribution is 2.21. The van der Waals surface area contributed by atoms with Crippen molar-refractivity contribution in [3.63, 3.8) is 0 Å². The Kier molecular flexibility index (Phi) is 6.11. The van der Waals surface area contributed by atoms with Gasteiger partial charge in [-0.1, -0.05) is 17.7 Å². The van der Waals surface area contributed by atoms with Gasteiger partial charge in [0.15, 0.2) is 0 Å². The molecule has 0 radical (unpaired) electrons. The minimum Gasteiger partial charge on any atom is -0.494 e. The lowest BCUT2D eigenvalue weighted by atomic mass is 10.1. The summed E-state index contributed by atoms with van der Waals surface area (Å²) in [6, 6.07) is 15.7. The maximum Gasteiger partial charge on any atom is 0.267 e. The van der Waals surface area contributed by atoms with E-state index in [1.807, 2.05) is 44.2 Å². The number of anilines is 1. The van der Waals surface area contributed by atoms with Crippen molar-refractivity contribution in [3.8, 4) is 17.0 Å². The van der Waals surface area contributed by atoms with E-state index in [4.69, 9.17) is 16.3 Å². The van der Waals surface area contributed by atoms with Crippen molar-refractivity contribution in [2.45, 2.75) is 20.4 Å². The van der Waals surface area contributed by atoms with Crippen molar-refractivity contribution >= 4 is 23.2 Å². The molecule has 0 fully saturated rings. The van der Waals surface area contributed by atoms with Gasteiger partial charge >= 0.3 is 0 Å². The SMILES string of the molecule is CCOc1ccc(-c2ccc(=O)n(CC(=O)Nc3cc(Cl)ccc3C)n2)cc1. The molecule has 0 unspecified atom stereocenters. The van der Waals surface area contributed by atoms with Gasteiger partial charge in [-0.2, -0.15) is 5.10 Å². The van der Waals surface area contributed by atoms with Crippen molar-refractivity contribution in [2.24, 2.45) is 0 Å². The maximum absolute atomic E-state index is 12.4. The second-order valence-electron chi connectivity index (χ2n) is 6.18. The maximum atomic E-state index is 12.4. The molecule has 1 aromatic heterocycles. The molecular weight excluding hydrogens is 378 g/mol. The second-order valence-corrected chi connectivity index (χ2v) is 6.62. The topological polar surface area (TPSA) is 73.2 Å². The average Bonchev–Trinajstić information content (AvgIpc) is 2.67. The molecule has 7 heteroatoms. The van der Waals surface area contributed by atoms with E-state index in [-0.39, 0.29) is 18.0 Å². The van der Waals surface area contributed by atoms with Gasteiger partial charge < -0.3 is 10.1 Å². The lowest BCUT2D eigenvalue weighted by molar-refractivity contribution is -0.117. The zero-order chi connectivity index (χ0) is 20.1. The van der Waals surface area contributed by atoms with E-state index in [0.29, 0.717) is 23.0 Å². The molecule has 1 amide bonds. The van der Waals surface area contributed by atoms with Gasteiger partial charge in [0.2, 0.25) is 5.91 Å². The van der Waals surface area contributed by atoms with Crippen LogP contribution in [0.5, 0.6) is 5.75 Å². The number of amides is 1. The van der Waals surface area contributed by atoms with E-state index < -0.39 is 0 Å². The van der Waals surface area contributed by atoms with Crippen LogP contribution in [0.1, 0.15) is 12.5 Å². The summed E-state index contributed by atoms with van der Waals surface area (Å²) in [5.41, 5.74) is 2.54. The molecule has 2 aromatic carbocycles. The Morgan fingerprint density at radius 3 is 2.61 bits per heavy atom. The summed E-state index contributed by atoms with van der Waals surface area (Å²) in [5, 5.41) is 7.61. The Morgan fingerprint density at radius 2 is 1.89 bits per heavy atom. The van der Waals surface area contributed by atoms with Crippen LogP contribution < -0.4 is 15.6 Å². The third-order valence-corrected chi connectivity index (χ3v) is 4.33. The summed E-state index contributed by atoms with van der Waals surface area (Å²) in [5.74, 6) is 0.402. The number of carbonyl (C=O) groups excluding carboxylic acids is 1. The van der Waals surface area contributed by atoms with Gasteiger partial charge in [-0.25, -0.2) is 4.68 Å². The third kappa shape index (κ3) is 4.78. The highest BCUT2D eigenvalue weighted by atomic mass is 35.5. The Bertz CT molecular complexity index is 1050. The zero-order valence-electron chi connectivity index (χ0n) is 15.6. The number of ether oxygens (including phenoxy) is 1. The number of hydrogen-bond donors (Lipinski definition) is 1. The molecule has 1 N–H and O–H groups in total. The highest BCUT2D eigenvalue weighted by molar-refractivity contribution is 6.31. The molecule has 0 aliphatic heterocycles. The summed E-state index contributed by atoms with van der Waals surface area (Å²) >= 11 is 5.98. The number of nitrogens with zero attached hydrogens (tertiary/aromatic N) is 2. The van der Waals surface area contributed by atoms with Crippen LogP contribution in [0.25, 0.3) is 11.3 Å². The first kappa shape index (κ1) is 19.6. The fourth-order valence-corrected chi connectivity index (χ4v) is 2.83. The Balaban J connectivity index is 1.78. The molecule has 0 spiro atoms. The van der Waals surface area contributed by atoms with Crippen LogP contribution in [-0.4, -0.2) is 22.3 Å². The summed E-state index contributed by atoms with van der Waals surface area (Å²) in [6.07, 6.45) is 0. The molecular formula is C21H20ClN3O3. The van der Waals surface area contributed by atoms with Gasteiger partial charge in [-0.05, 0) is 61.9 Å². The molecule has 144 valence electrons. The lowest BCUT2D eigenvalue weighted by Gasteiger charge is -2.10. The average molecular weight is 398 g/mol. The standard InChI is InChI=1S/C21H20ClN3O3/c1-3-28-17-8-5-15(6-9-17)18-10-11-21(27)25(24-18)13-20(26)23-19-12-16(22)7-4-14(19)2/h4-12H,3,13H2,1-2H3,(H,23,26). The van der Waals surface area contributed by atoms with E-state index in [2.05, 4.69) is 10.4 Å². The summed E-state index contributed by atoms with van der Waals surface area (Å²) in [6.45, 7) is 4.17. The molecule has 0 saturated carbocycles. The van der Waals surface area contributed by atoms with Crippen LogP contribution >= 0.6 is 11.6 Å². The number of nitrogens with one attached hydrogen (secondary N) is 1.